The van der Waals surface area contributed by atoms with Crippen LogP contribution in [0, 0.1) is 12.7 Å². The van der Waals surface area contributed by atoms with Crippen molar-refractivity contribution in [1.82, 2.24) is 4.90 Å². The van der Waals surface area contributed by atoms with Crippen LogP contribution in [-0.2, 0) is 0 Å². The van der Waals surface area contributed by atoms with Crippen LogP contribution in [0.25, 0.3) is 0 Å². The van der Waals surface area contributed by atoms with E-state index in [1.54, 1.807) is 0 Å². The maximum Gasteiger partial charge on any atom is 0.390 e. The van der Waals surface area contributed by atoms with Gasteiger partial charge in [-0.1, -0.05) is 0 Å². The van der Waals surface area contributed by atoms with Gasteiger partial charge in [0.25, 0.3) is 0 Å². The minimum atomic E-state index is -4.46. The molecule has 23 heavy (non-hydrogen) atoms. The van der Waals surface area contributed by atoms with E-state index in [0.29, 0.717) is 0 Å². The average Bonchev–Trinajstić information content (AvgIpc) is 2.45. The molecule has 2 amide bonds. The summed E-state index contributed by atoms with van der Waals surface area (Å²) in [7, 11) is 0. The molecule has 0 fully saturated rings. The predicted octanol–water partition coefficient (Wildman–Crippen LogP) is 2.27. The Balaban J connectivity index is 2.78. The maximum atomic E-state index is 13.2. The fourth-order valence-electron chi connectivity index (χ4n) is 1.77. The number of rotatable bonds is 6. The third-order valence-electron chi connectivity index (χ3n) is 3.00. The average molecular weight is 338 g/mol. The zero-order chi connectivity index (χ0) is 17.6. The van der Waals surface area contributed by atoms with Gasteiger partial charge in [0.05, 0.1) is 25.7 Å². The lowest BCUT2D eigenvalue weighted by Gasteiger charge is -2.25. The van der Waals surface area contributed by atoms with Crippen LogP contribution in [0.15, 0.2) is 18.2 Å². The second-order valence-electron chi connectivity index (χ2n) is 5.04. The number of hydrogen-bond donors (Lipinski definition) is 3. The van der Waals surface area contributed by atoms with E-state index < -0.39 is 50.2 Å². The number of nitrogens with zero attached hydrogens (tertiary/aromatic N) is 1. The minimum Gasteiger partial charge on any atom is -0.394 e. The number of aliphatic hydroxyl groups excluding tert-OH is 2. The van der Waals surface area contributed by atoms with E-state index >= 15 is 0 Å². The zero-order valence-corrected chi connectivity index (χ0v) is 12.4. The van der Waals surface area contributed by atoms with Crippen LogP contribution < -0.4 is 5.32 Å². The molecule has 0 saturated carbocycles. The Morgan fingerprint density at radius 1 is 1.39 bits per heavy atom. The number of anilines is 1. The third-order valence-corrected chi connectivity index (χ3v) is 3.00. The van der Waals surface area contributed by atoms with Gasteiger partial charge >= 0.3 is 12.2 Å². The number of halogens is 4. The first-order chi connectivity index (χ1) is 10.6. The Morgan fingerprint density at radius 2 is 2.04 bits per heavy atom. The quantitative estimate of drug-likeness (QED) is 0.697. The van der Waals surface area contributed by atoms with Crippen LogP contribution in [0.3, 0.4) is 0 Å². The molecule has 0 radical (unpaired) electrons. The molecule has 0 unspecified atom stereocenters. The lowest BCUT2D eigenvalue weighted by Crippen LogP contribution is -2.43. The van der Waals surface area contributed by atoms with Crippen molar-refractivity contribution in [1.29, 1.82) is 0 Å². The van der Waals surface area contributed by atoms with Crippen molar-refractivity contribution in [3.8, 4) is 0 Å². The minimum absolute atomic E-state index is 0.212. The fourth-order valence-corrected chi connectivity index (χ4v) is 1.77. The summed E-state index contributed by atoms with van der Waals surface area (Å²) in [5.41, 5.74) is 0.476. The highest BCUT2D eigenvalue weighted by Gasteiger charge is 2.29. The van der Waals surface area contributed by atoms with E-state index in [4.69, 9.17) is 5.11 Å². The molecule has 0 aliphatic heterocycles. The Labute approximate surface area is 130 Å². The number of carbonyl (C=O) groups is 1. The second kappa shape index (κ2) is 8.11. The third kappa shape index (κ3) is 6.83. The Bertz CT molecular complexity index is 537. The van der Waals surface area contributed by atoms with Gasteiger partial charge in [-0.05, 0) is 30.7 Å². The number of alkyl halides is 3. The standard InChI is InChI=1S/C14H18F4N2O3/c1-9-6-10(2-3-12(9)15)19-13(23)20(7-11(22)8-21)5-4-14(16,17)18/h2-3,6,11,21-22H,4-5,7-8H2,1H3,(H,19,23)/t11-/m0/s1. The normalized spacial score (nSPS) is 12.8. The van der Waals surface area contributed by atoms with Gasteiger partial charge in [-0.2, -0.15) is 13.2 Å². The molecule has 0 aromatic heterocycles. The molecule has 0 heterocycles. The van der Waals surface area contributed by atoms with Gasteiger partial charge in [0.2, 0.25) is 0 Å². The summed E-state index contributed by atoms with van der Waals surface area (Å²) >= 11 is 0. The van der Waals surface area contributed by atoms with Crippen LogP contribution in [-0.4, -0.2) is 53.1 Å². The van der Waals surface area contributed by atoms with Crippen molar-refractivity contribution < 1.29 is 32.6 Å². The number of carbonyl (C=O) groups excluding carboxylic acids is 1. The summed E-state index contributed by atoms with van der Waals surface area (Å²) in [6, 6.07) is 2.84. The highest BCUT2D eigenvalue weighted by atomic mass is 19.4. The number of aliphatic hydroxyl groups is 2. The summed E-state index contributed by atoms with van der Waals surface area (Å²) in [5.74, 6) is -0.479. The van der Waals surface area contributed by atoms with Gasteiger partial charge in [-0.15, -0.1) is 0 Å². The number of nitrogens with one attached hydrogen (secondary N) is 1. The molecule has 9 heteroatoms. The van der Waals surface area contributed by atoms with Crippen LogP contribution >= 0.6 is 0 Å². The summed E-state index contributed by atoms with van der Waals surface area (Å²) in [6.07, 6.45) is -7.07. The van der Waals surface area contributed by atoms with E-state index in [1.165, 1.54) is 19.1 Å². The van der Waals surface area contributed by atoms with Crippen molar-refractivity contribution in [2.45, 2.75) is 25.6 Å². The first kappa shape index (κ1) is 19.2. The van der Waals surface area contributed by atoms with Gasteiger partial charge in [0.15, 0.2) is 0 Å². The number of amides is 2. The first-order valence-corrected chi connectivity index (χ1v) is 6.80. The van der Waals surface area contributed by atoms with Gasteiger partial charge in [0, 0.05) is 12.2 Å². The van der Waals surface area contributed by atoms with E-state index in [2.05, 4.69) is 5.32 Å². The molecule has 130 valence electrons. The molecule has 5 nitrogen and oxygen atoms in total. The topological polar surface area (TPSA) is 72.8 Å². The summed E-state index contributed by atoms with van der Waals surface area (Å²) in [5, 5.41) is 20.5. The zero-order valence-electron chi connectivity index (χ0n) is 12.4. The molecule has 0 spiro atoms. The van der Waals surface area contributed by atoms with E-state index in [1.807, 2.05) is 0 Å². The maximum absolute atomic E-state index is 13.2. The van der Waals surface area contributed by atoms with E-state index in [9.17, 15) is 27.5 Å². The fraction of sp³-hybridized carbons (Fsp3) is 0.500. The SMILES string of the molecule is Cc1cc(NC(=O)N(CCC(F)(F)F)C[C@H](O)CO)ccc1F. The molecule has 1 aromatic rings. The van der Waals surface area contributed by atoms with Crippen LogP contribution in [0.5, 0.6) is 0 Å². The summed E-state index contributed by atoms with van der Waals surface area (Å²) < 4.78 is 50.1. The lowest BCUT2D eigenvalue weighted by atomic mass is 10.2. The largest absolute Gasteiger partial charge is 0.394 e. The smallest absolute Gasteiger partial charge is 0.390 e. The van der Waals surface area contributed by atoms with Crippen molar-refractivity contribution in [2.24, 2.45) is 0 Å². The molecule has 1 aromatic carbocycles. The summed E-state index contributed by atoms with van der Waals surface area (Å²) in [4.78, 5) is 12.8. The van der Waals surface area contributed by atoms with E-state index in [0.717, 1.165) is 11.0 Å². The second-order valence-corrected chi connectivity index (χ2v) is 5.04. The Kier molecular flexibility index (Phi) is 6.77. The predicted molar refractivity (Wildman–Crippen MR) is 75.5 cm³/mol. The van der Waals surface area contributed by atoms with Crippen molar-refractivity contribution >= 4 is 11.7 Å². The number of aryl methyl sites for hydroxylation is 1. The van der Waals surface area contributed by atoms with Crippen LogP contribution in [0.4, 0.5) is 28.0 Å². The molecule has 3 N–H and O–H groups in total. The van der Waals surface area contributed by atoms with Crippen molar-refractivity contribution in [3.63, 3.8) is 0 Å². The molecule has 0 saturated heterocycles. The monoisotopic (exact) mass is 338 g/mol. The van der Waals surface area contributed by atoms with Gasteiger partial charge in [-0.25, -0.2) is 9.18 Å². The van der Waals surface area contributed by atoms with Gasteiger partial charge in [-0.3, -0.25) is 0 Å². The molecule has 0 aliphatic rings. The number of hydrogen-bond acceptors (Lipinski definition) is 3. The first-order valence-electron chi connectivity index (χ1n) is 6.80. The van der Waals surface area contributed by atoms with E-state index in [-0.39, 0.29) is 11.3 Å². The Morgan fingerprint density at radius 3 is 2.57 bits per heavy atom. The lowest BCUT2D eigenvalue weighted by molar-refractivity contribution is -0.137. The highest BCUT2D eigenvalue weighted by molar-refractivity contribution is 5.89. The van der Waals surface area contributed by atoms with Gasteiger partial charge < -0.3 is 20.4 Å². The molecule has 1 rings (SSSR count). The summed E-state index contributed by atoms with van der Waals surface area (Å²) in [6.45, 7) is -0.349. The Hall–Kier alpha value is -1.87. The van der Waals surface area contributed by atoms with Crippen LogP contribution in [0.2, 0.25) is 0 Å². The molecule has 0 bridgehead atoms. The van der Waals surface area contributed by atoms with Crippen molar-refractivity contribution in [3.05, 3.63) is 29.6 Å². The number of urea groups is 1. The molecule has 0 aliphatic carbocycles. The molecular formula is C14H18F4N2O3. The highest BCUT2D eigenvalue weighted by Crippen LogP contribution is 2.20. The molecular weight excluding hydrogens is 320 g/mol. The van der Waals surface area contributed by atoms with Crippen LogP contribution in [0.1, 0.15) is 12.0 Å². The van der Waals surface area contributed by atoms with Crippen molar-refractivity contribution in [2.75, 3.05) is 25.0 Å². The number of benzene rings is 1. The van der Waals surface area contributed by atoms with Gasteiger partial charge in [0.1, 0.15) is 5.82 Å². The molecule has 1 atom stereocenters.